The van der Waals surface area contributed by atoms with Gasteiger partial charge in [0.05, 0.1) is 0 Å². The molecule has 0 heterocycles. The van der Waals surface area contributed by atoms with Crippen LogP contribution in [0.25, 0.3) is 0 Å². The molecule has 0 radical (unpaired) electrons. The van der Waals surface area contributed by atoms with E-state index in [1.165, 1.54) is 0 Å². The van der Waals surface area contributed by atoms with E-state index in [0.717, 1.165) is 24.8 Å². The van der Waals surface area contributed by atoms with Crippen LogP contribution in [0.3, 0.4) is 0 Å². The van der Waals surface area contributed by atoms with E-state index in [-0.39, 0.29) is 5.91 Å². The Kier molecular flexibility index (Phi) is 5.19. The minimum Gasteiger partial charge on any atom is -0.373 e. The molecule has 0 aliphatic carbocycles. The smallest absolute Gasteiger partial charge is 0.264 e. The number of nitrogens with two attached hydrogens (primary N) is 1. The Morgan fingerprint density at radius 3 is 2.08 bits per heavy atom. The molecule has 0 rings (SSSR count). The van der Waals surface area contributed by atoms with Crippen LogP contribution in [0.2, 0.25) is 0 Å². The van der Waals surface area contributed by atoms with Gasteiger partial charge in [-0.25, -0.2) is 0 Å². The van der Waals surface area contributed by atoms with E-state index >= 15 is 0 Å². The van der Waals surface area contributed by atoms with E-state index < -0.39 is 0 Å². The average molecular weight is 184 g/mol. The van der Waals surface area contributed by atoms with Crippen molar-refractivity contribution in [3.8, 4) is 0 Å². The maximum atomic E-state index is 11.1. The minimum absolute atomic E-state index is 0.324. The normalized spacial score (nSPS) is 12.3. The van der Waals surface area contributed by atoms with E-state index in [2.05, 4.69) is 13.8 Å². The first-order chi connectivity index (χ1) is 6.04. The van der Waals surface area contributed by atoms with Crippen LogP contribution in [-0.2, 0) is 4.79 Å². The zero-order chi connectivity index (χ0) is 10.4. The highest BCUT2D eigenvalue weighted by atomic mass is 16.1. The molecule has 1 amide bonds. The van der Waals surface area contributed by atoms with Gasteiger partial charge >= 0.3 is 0 Å². The highest BCUT2D eigenvalue weighted by Crippen LogP contribution is 2.16. The quantitative estimate of drug-likeness (QED) is 0.658. The Labute approximate surface area is 80.6 Å². The van der Waals surface area contributed by atoms with Gasteiger partial charge in [-0.2, -0.15) is 0 Å². The van der Waals surface area contributed by atoms with Crippen LogP contribution >= 0.6 is 0 Å². The lowest BCUT2D eigenvalue weighted by molar-refractivity contribution is -0.115. The lowest BCUT2D eigenvalue weighted by atomic mass is 10.0. The van der Waals surface area contributed by atoms with Crippen molar-refractivity contribution in [1.29, 1.82) is 0 Å². The summed E-state index contributed by atoms with van der Waals surface area (Å²) in [6, 6.07) is 0. The van der Waals surface area contributed by atoms with Gasteiger partial charge in [-0.05, 0) is 18.4 Å². The fourth-order valence-corrected chi connectivity index (χ4v) is 1.48. The van der Waals surface area contributed by atoms with Gasteiger partial charge in [0, 0.05) is 14.1 Å². The van der Waals surface area contributed by atoms with E-state index in [1.54, 1.807) is 4.90 Å². The van der Waals surface area contributed by atoms with Crippen LogP contribution in [0.1, 0.15) is 33.1 Å². The summed E-state index contributed by atoms with van der Waals surface area (Å²) in [5.74, 6) is -0.324. The lowest BCUT2D eigenvalue weighted by Crippen LogP contribution is -2.27. The second-order valence-electron chi connectivity index (χ2n) is 3.31. The molecule has 0 aromatic rings. The maximum Gasteiger partial charge on any atom is 0.264 e. The summed E-state index contributed by atoms with van der Waals surface area (Å²) in [7, 11) is 3.71. The number of likely N-dealkylation sites (N-methyl/N-ethyl adjacent to an activating group) is 1. The predicted molar refractivity (Wildman–Crippen MR) is 55.1 cm³/mol. The highest BCUT2D eigenvalue weighted by Gasteiger charge is 2.12. The monoisotopic (exact) mass is 184 g/mol. The van der Waals surface area contributed by atoms with Crippen LogP contribution in [0.4, 0.5) is 0 Å². The van der Waals surface area contributed by atoms with E-state index in [1.807, 2.05) is 14.1 Å². The molecule has 3 nitrogen and oxygen atoms in total. The second-order valence-corrected chi connectivity index (χ2v) is 3.31. The maximum absolute atomic E-state index is 11.1. The third-order valence-corrected chi connectivity index (χ3v) is 1.99. The summed E-state index contributed by atoms with van der Waals surface area (Å²) in [6.45, 7) is 4.15. The molecule has 2 N–H and O–H groups in total. The Balaban J connectivity index is 4.89. The second kappa shape index (κ2) is 5.62. The molecule has 0 aromatic heterocycles. The molecule has 0 aliphatic rings. The Morgan fingerprint density at radius 2 is 1.85 bits per heavy atom. The lowest BCUT2D eigenvalue weighted by Gasteiger charge is -2.18. The number of hydrogen-bond acceptors (Lipinski definition) is 2. The molecule has 76 valence electrons. The molecule has 13 heavy (non-hydrogen) atoms. The summed E-state index contributed by atoms with van der Waals surface area (Å²) in [6.07, 6.45) is 2.89. The van der Waals surface area contributed by atoms with Crippen molar-refractivity contribution < 1.29 is 4.79 Å². The summed E-state index contributed by atoms with van der Waals surface area (Å²) in [4.78, 5) is 12.9. The molecular formula is C10H20N2O. The van der Waals surface area contributed by atoms with Gasteiger partial charge in [0.25, 0.3) is 5.91 Å². The van der Waals surface area contributed by atoms with Crippen LogP contribution in [0.15, 0.2) is 11.3 Å². The minimum atomic E-state index is -0.324. The first-order valence-corrected chi connectivity index (χ1v) is 4.73. The fourth-order valence-electron chi connectivity index (χ4n) is 1.48. The molecule has 0 atom stereocenters. The van der Waals surface area contributed by atoms with E-state index in [9.17, 15) is 4.79 Å². The van der Waals surface area contributed by atoms with Gasteiger partial charge < -0.3 is 10.6 Å². The molecule has 3 heteroatoms. The zero-order valence-electron chi connectivity index (χ0n) is 9.05. The molecule has 0 saturated carbocycles. The fraction of sp³-hybridized carbons (Fsp3) is 0.700. The van der Waals surface area contributed by atoms with Crippen LogP contribution < -0.4 is 5.73 Å². The van der Waals surface area contributed by atoms with E-state index in [0.29, 0.717) is 5.70 Å². The van der Waals surface area contributed by atoms with Gasteiger partial charge in [0.1, 0.15) is 5.70 Å². The molecule has 0 bridgehead atoms. The van der Waals surface area contributed by atoms with Crippen LogP contribution in [0, 0.1) is 0 Å². The average Bonchev–Trinajstić information content (AvgIpc) is 2.02. The topological polar surface area (TPSA) is 46.3 Å². The Hall–Kier alpha value is -0.990. The van der Waals surface area contributed by atoms with Crippen LogP contribution in [0.5, 0.6) is 0 Å². The van der Waals surface area contributed by atoms with Crippen molar-refractivity contribution >= 4 is 5.91 Å². The van der Waals surface area contributed by atoms with Crippen molar-refractivity contribution in [1.82, 2.24) is 4.90 Å². The number of amides is 1. The molecule has 0 aromatic carbocycles. The van der Waals surface area contributed by atoms with Gasteiger partial charge in [0.2, 0.25) is 0 Å². The molecule has 0 spiro atoms. The number of carbonyl (C=O) groups is 1. The van der Waals surface area contributed by atoms with Crippen molar-refractivity contribution in [2.24, 2.45) is 5.73 Å². The molecular weight excluding hydrogens is 164 g/mol. The highest BCUT2D eigenvalue weighted by molar-refractivity contribution is 5.92. The van der Waals surface area contributed by atoms with Crippen molar-refractivity contribution in [3.63, 3.8) is 0 Å². The molecule has 0 saturated heterocycles. The molecule has 0 aliphatic heterocycles. The third-order valence-electron chi connectivity index (χ3n) is 1.99. The number of primary amides is 1. The van der Waals surface area contributed by atoms with E-state index in [4.69, 9.17) is 5.73 Å². The summed E-state index contributed by atoms with van der Waals surface area (Å²) in [5.41, 5.74) is 7.13. The first kappa shape index (κ1) is 12.0. The summed E-state index contributed by atoms with van der Waals surface area (Å²) >= 11 is 0. The van der Waals surface area contributed by atoms with Gasteiger partial charge in [-0.1, -0.05) is 20.3 Å². The van der Waals surface area contributed by atoms with Gasteiger partial charge in [0.15, 0.2) is 0 Å². The predicted octanol–water partition coefficient (Wildman–Crippen LogP) is 1.50. The number of allylic oxidation sites excluding steroid dienone is 1. The van der Waals surface area contributed by atoms with Crippen molar-refractivity contribution in [2.45, 2.75) is 33.1 Å². The zero-order valence-corrected chi connectivity index (χ0v) is 9.05. The van der Waals surface area contributed by atoms with Crippen LogP contribution in [-0.4, -0.2) is 24.9 Å². The van der Waals surface area contributed by atoms with Gasteiger partial charge in [-0.3, -0.25) is 4.79 Å². The standard InChI is InChI=1S/C10H20N2O/c1-5-7-8(6-2)9(10(11)13)12(3)4/h5-7H2,1-4H3,(H2,11,13)/b9-8-. The SMILES string of the molecule is CCC/C(CC)=C(/C(N)=O)N(C)C. The Bertz CT molecular complexity index is 207. The van der Waals surface area contributed by atoms with Crippen molar-refractivity contribution in [2.75, 3.05) is 14.1 Å². The summed E-state index contributed by atoms with van der Waals surface area (Å²) in [5, 5.41) is 0. The summed E-state index contributed by atoms with van der Waals surface area (Å²) < 4.78 is 0. The largest absolute Gasteiger partial charge is 0.373 e. The number of carbonyl (C=O) groups excluding carboxylic acids is 1. The number of nitrogens with zero attached hydrogens (tertiary/aromatic N) is 1. The third kappa shape index (κ3) is 3.49. The molecule has 0 fully saturated rings. The molecule has 0 unspecified atom stereocenters. The first-order valence-electron chi connectivity index (χ1n) is 4.73. The van der Waals surface area contributed by atoms with Gasteiger partial charge in [-0.15, -0.1) is 0 Å². The number of rotatable bonds is 5. The Morgan fingerprint density at radius 1 is 1.31 bits per heavy atom. The number of hydrogen-bond donors (Lipinski definition) is 1. The van der Waals surface area contributed by atoms with Crippen molar-refractivity contribution in [3.05, 3.63) is 11.3 Å².